The smallest absolute Gasteiger partial charge is 0.252 e. The van der Waals surface area contributed by atoms with Gasteiger partial charge >= 0.3 is 0 Å². The number of hydroxylamine groups is 1. The van der Waals surface area contributed by atoms with Crippen LogP contribution in [-0.2, 0) is 9.59 Å². The molecule has 3 heterocycles. The molecule has 2 saturated heterocycles. The number of fused-ring (bicyclic) bond motifs is 1. The predicted molar refractivity (Wildman–Crippen MR) is 125 cm³/mol. The summed E-state index contributed by atoms with van der Waals surface area (Å²) in [6.45, 7) is 9.10. The average molecular weight is 440 g/mol. The second-order valence-corrected chi connectivity index (χ2v) is 9.23. The molecule has 1 aromatic carbocycles. The van der Waals surface area contributed by atoms with Crippen LogP contribution >= 0.6 is 0 Å². The van der Waals surface area contributed by atoms with Crippen molar-refractivity contribution in [2.24, 2.45) is 16.3 Å². The van der Waals surface area contributed by atoms with Crippen molar-refractivity contribution in [3.8, 4) is 0 Å². The highest BCUT2D eigenvalue weighted by molar-refractivity contribution is 6.05. The molecule has 32 heavy (non-hydrogen) atoms. The maximum atomic E-state index is 12.9. The molecular weight excluding hydrogens is 406 g/mol. The number of nitrogens with zero attached hydrogens (tertiary/aromatic N) is 3. The van der Waals surface area contributed by atoms with Gasteiger partial charge in [-0.3, -0.25) is 19.8 Å². The summed E-state index contributed by atoms with van der Waals surface area (Å²) < 4.78 is 0. The van der Waals surface area contributed by atoms with Crippen LogP contribution in [0.5, 0.6) is 0 Å². The van der Waals surface area contributed by atoms with Gasteiger partial charge < -0.3 is 15.1 Å². The lowest BCUT2D eigenvalue weighted by Gasteiger charge is -2.37. The van der Waals surface area contributed by atoms with E-state index in [1.807, 2.05) is 30.3 Å². The zero-order valence-corrected chi connectivity index (χ0v) is 18.9. The fourth-order valence-electron chi connectivity index (χ4n) is 4.69. The Morgan fingerprint density at radius 2 is 1.91 bits per heavy atom. The number of nitrogens with one attached hydrogen (secondary N) is 2. The van der Waals surface area contributed by atoms with Gasteiger partial charge in [0.25, 0.3) is 5.91 Å². The van der Waals surface area contributed by atoms with Crippen LogP contribution in [0.1, 0.15) is 33.1 Å². The van der Waals surface area contributed by atoms with Gasteiger partial charge in [0.15, 0.2) is 0 Å². The maximum Gasteiger partial charge on any atom is 0.252 e. The van der Waals surface area contributed by atoms with Crippen molar-refractivity contribution in [2.45, 2.75) is 33.1 Å². The van der Waals surface area contributed by atoms with Crippen molar-refractivity contribution in [3.63, 3.8) is 0 Å². The molecule has 3 aliphatic rings. The molecule has 0 aromatic heterocycles. The Morgan fingerprint density at radius 3 is 2.56 bits per heavy atom. The van der Waals surface area contributed by atoms with E-state index in [0.29, 0.717) is 13.1 Å². The normalized spacial score (nSPS) is 23.0. The van der Waals surface area contributed by atoms with E-state index >= 15 is 0 Å². The van der Waals surface area contributed by atoms with E-state index in [9.17, 15) is 9.59 Å². The Balaban J connectivity index is 1.35. The number of hydrogen-bond acceptors (Lipinski definition) is 6. The molecule has 0 aliphatic carbocycles. The maximum absolute atomic E-state index is 12.9. The number of benzene rings is 1. The second kappa shape index (κ2) is 9.42. The Bertz CT molecular complexity index is 916. The Hall–Kier alpha value is -2.71. The highest BCUT2D eigenvalue weighted by Crippen LogP contribution is 2.33. The standard InChI is InChI=1S/C24H33N5O3/c1-3-28-12-9-24(2,10-13-28)23(31)26-19-4-6-20(7-5-19)29-11-8-17-14-18(22(30)27-32)15-25-21(17)16-29/h4-7,14,18,32H,3,8-13,15-16H2,1-2H3,(H,26,31)(H,27,30). The minimum absolute atomic E-state index is 0.104. The first kappa shape index (κ1) is 22.5. The van der Waals surface area contributed by atoms with Crippen LogP contribution in [-0.4, -0.2) is 66.9 Å². The molecule has 1 unspecified atom stereocenters. The van der Waals surface area contributed by atoms with E-state index in [2.05, 4.69) is 34.0 Å². The van der Waals surface area contributed by atoms with E-state index in [4.69, 9.17) is 5.21 Å². The van der Waals surface area contributed by atoms with Crippen LogP contribution in [0.3, 0.4) is 0 Å². The number of hydrogen-bond donors (Lipinski definition) is 3. The van der Waals surface area contributed by atoms with Gasteiger partial charge in [-0.1, -0.05) is 19.9 Å². The van der Waals surface area contributed by atoms with Gasteiger partial charge in [-0.15, -0.1) is 0 Å². The number of carbonyl (C=O) groups excluding carboxylic acids is 2. The fraction of sp³-hybridized carbons (Fsp3) is 0.542. The highest BCUT2D eigenvalue weighted by atomic mass is 16.5. The summed E-state index contributed by atoms with van der Waals surface area (Å²) in [4.78, 5) is 33.8. The second-order valence-electron chi connectivity index (χ2n) is 9.23. The van der Waals surface area contributed by atoms with E-state index in [0.717, 1.165) is 68.1 Å². The minimum atomic E-state index is -0.412. The molecule has 3 aliphatic heterocycles. The third-order valence-corrected chi connectivity index (χ3v) is 7.14. The number of anilines is 2. The van der Waals surface area contributed by atoms with Crippen LogP contribution in [0.15, 0.2) is 40.9 Å². The van der Waals surface area contributed by atoms with Gasteiger partial charge in [0.1, 0.15) is 0 Å². The summed E-state index contributed by atoms with van der Waals surface area (Å²) in [6.07, 6.45) is 4.50. The van der Waals surface area contributed by atoms with E-state index in [1.54, 1.807) is 5.48 Å². The van der Waals surface area contributed by atoms with Gasteiger partial charge in [0.2, 0.25) is 5.91 Å². The largest absolute Gasteiger partial charge is 0.365 e. The summed E-state index contributed by atoms with van der Waals surface area (Å²) in [5.74, 6) is -0.707. The Morgan fingerprint density at radius 1 is 1.19 bits per heavy atom. The lowest BCUT2D eigenvalue weighted by atomic mass is 9.79. The zero-order valence-electron chi connectivity index (χ0n) is 18.9. The Labute approximate surface area is 189 Å². The molecule has 0 saturated carbocycles. The van der Waals surface area contributed by atoms with Crippen LogP contribution < -0.4 is 15.7 Å². The van der Waals surface area contributed by atoms with Gasteiger partial charge in [0.05, 0.1) is 24.7 Å². The van der Waals surface area contributed by atoms with Crippen molar-refractivity contribution in [1.82, 2.24) is 10.4 Å². The monoisotopic (exact) mass is 439 g/mol. The van der Waals surface area contributed by atoms with E-state index in [-0.39, 0.29) is 11.3 Å². The minimum Gasteiger partial charge on any atom is -0.365 e. The van der Waals surface area contributed by atoms with Crippen LogP contribution in [0.25, 0.3) is 0 Å². The van der Waals surface area contributed by atoms with Crippen molar-refractivity contribution in [2.75, 3.05) is 49.5 Å². The van der Waals surface area contributed by atoms with Gasteiger partial charge in [-0.25, -0.2) is 5.48 Å². The first-order valence-corrected chi connectivity index (χ1v) is 11.5. The topological polar surface area (TPSA) is 97.3 Å². The van der Waals surface area contributed by atoms with Crippen LogP contribution in [0, 0.1) is 11.3 Å². The lowest BCUT2D eigenvalue weighted by Crippen LogP contribution is -2.44. The molecule has 1 atom stereocenters. The molecule has 4 rings (SSSR count). The van der Waals surface area contributed by atoms with Crippen molar-refractivity contribution < 1.29 is 14.8 Å². The van der Waals surface area contributed by atoms with Crippen molar-refractivity contribution in [1.29, 1.82) is 0 Å². The summed E-state index contributed by atoms with van der Waals surface area (Å²) in [6, 6.07) is 8.01. The number of aliphatic imine (C=N–C) groups is 1. The molecule has 8 heteroatoms. The van der Waals surface area contributed by atoms with Crippen molar-refractivity contribution >= 4 is 28.9 Å². The highest BCUT2D eigenvalue weighted by Gasteiger charge is 2.36. The summed E-state index contributed by atoms with van der Waals surface area (Å²) in [7, 11) is 0. The summed E-state index contributed by atoms with van der Waals surface area (Å²) in [5.41, 5.74) is 5.40. The molecule has 2 amide bonds. The van der Waals surface area contributed by atoms with Gasteiger partial charge in [0, 0.05) is 23.3 Å². The number of rotatable bonds is 5. The Kier molecular flexibility index (Phi) is 6.62. The summed E-state index contributed by atoms with van der Waals surface area (Å²) >= 11 is 0. The third kappa shape index (κ3) is 4.71. The van der Waals surface area contributed by atoms with Crippen LogP contribution in [0.2, 0.25) is 0 Å². The van der Waals surface area contributed by atoms with E-state index in [1.165, 1.54) is 0 Å². The first-order valence-electron chi connectivity index (χ1n) is 11.5. The zero-order chi connectivity index (χ0) is 22.7. The number of amides is 2. The first-order chi connectivity index (χ1) is 15.4. The molecule has 8 nitrogen and oxygen atoms in total. The van der Waals surface area contributed by atoms with Gasteiger partial charge in [-0.2, -0.15) is 0 Å². The predicted octanol–water partition coefficient (Wildman–Crippen LogP) is 2.46. The van der Waals surface area contributed by atoms with Crippen molar-refractivity contribution in [3.05, 3.63) is 35.9 Å². The third-order valence-electron chi connectivity index (χ3n) is 7.14. The average Bonchev–Trinajstić information content (AvgIpc) is 2.83. The fourth-order valence-corrected chi connectivity index (χ4v) is 4.69. The van der Waals surface area contributed by atoms with Gasteiger partial charge in [-0.05, 0) is 68.7 Å². The number of piperidine rings is 2. The molecule has 1 aromatic rings. The molecule has 172 valence electrons. The number of likely N-dealkylation sites (tertiary alicyclic amines) is 1. The van der Waals surface area contributed by atoms with E-state index < -0.39 is 11.8 Å². The summed E-state index contributed by atoms with van der Waals surface area (Å²) in [5, 5.41) is 12.0. The molecule has 2 fully saturated rings. The SMILES string of the molecule is CCN1CCC(C)(C(=O)Nc2ccc(N3CCC4=CC(C(=O)NO)CN=C4C3)cc2)CC1. The van der Waals surface area contributed by atoms with Crippen LogP contribution in [0.4, 0.5) is 11.4 Å². The molecule has 0 spiro atoms. The number of carbonyl (C=O) groups is 2. The molecular formula is C24H33N5O3. The molecule has 0 radical (unpaired) electrons. The molecule has 3 N–H and O–H groups in total. The lowest BCUT2D eigenvalue weighted by molar-refractivity contribution is -0.131. The number of dihydropyridines is 1. The quantitative estimate of drug-likeness (QED) is 0.484. The molecule has 0 bridgehead atoms.